The summed E-state index contributed by atoms with van der Waals surface area (Å²) in [5, 5.41) is 2.48. The number of urea groups is 1. The van der Waals surface area contributed by atoms with Crippen LogP contribution in [0.2, 0.25) is 0 Å². The molecule has 28 heavy (non-hydrogen) atoms. The van der Waals surface area contributed by atoms with Gasteiger partial charge in [-0.1, -0.05) is 12.1 Å². The zero-order valence-electron chi connectivity index (χ0n) is 15.5. The summed E-state index contributed by atoms with van der Waals surface area (Å²) in [6.45, 7) is 2.18. The normalized spacial score (nSPS) is 13.0. The van der Waals surface area contributed by atoms with Crippen LogP contribution in [0.4, 0.5) is 9.18 Å². The van der Waals surface area contributed by atoms with Gasteiger partial charge >= 0.3 is 12.0 Å². The van der Waals surface area contributed by atoms with E-state index in [0.717, 1.165) is 0 Å². The zero-order chi connectivity index (χ0) is 20.1. The monoisotopic (exact) mass is 388 g/mol. The van der Waals surface area contributed by atoms with Crippen LogP contribution in [0, 0.1) is 5.82 Å². The second-order valence-electron chi connectivity index (χ2n) is 6.38. The molecule has 0 fully saturated rings. The number of esters is 1. The van der Waals surface area contributed by atoms with Crippen LogP contribution in [0.15, 0.2) is 29.1 Å². The molecule has 0 saturated carbocycles. The molecule has 1 aromatic heterocycles. The first kappa shape index (κ1) is 19.5. The number of hydrogen-bond acceptors (Lipinski definition) is 5. The maximum Gasteiger partial charge on any atom is 0.325 e. The fraction of sp³-hybridized carbons (Fsp3) is 0.368. The van der Waals surface area contributed by atoms with E-state index in [-0.39, 0.29) is 31.1 Å². The Kier molecular flexibility index (Phi) is 6.03. The molecule has 8 nitrogen and oxygen atoms in total. The molecular weight excluding hydrogens is 367 g/mol. The fourth-order valence-corrected chi connectivity index (χ4v) is 3.05. The lowest BCUT2D eigenvalue weighted by Crippen LogP contribution is -2.46. The van der Waals surface area contributed by atoms with Crippen LogP contribution in [-0.2, 0) is 28.9 Å². The highest BCUT2D eigenvalue weighted by atomic mass is 19.1. The fourth-order valence-electron chi connectivity index (χ4n) is 3.05. The second-order valence-corrected chi connectivity index (χ2v) is 6.38. The molecule has 0 atom stereocenters. The molecule has 2 heterocycles. The molecular formula is C19H21FN4O4. The number of rotatable bonds is 5. The molecule has 9 heteroatoms. The van der Waals surface area contributed by atoms with Crippen molar-refractivity contribution in [1.82, 2.24) is 20.2 Å². The van der Waals surface area contributed by atoms with E-state index in [2.05, 4.69) is 15.3 Å². The first-order valence-corrected chi connectivity index (χ1v) is 9.00. The van der Waals surface area contributed by atoms with Crippen LogP contribution >= 0.6 is 0 Å². The zero-order valence-corrected chi connectivity index (χ0v) is 15.5. The van der Waals surface area contributed by atoms with Gasteiger partial charge in [-0.05, 0) is 24.6 Å². The number of halogens is 1. The third kappa shape index (κ3) is 4.73. The van der Waals surface area contributed by atoms with E-state index in [1.807, 2.05) is 0 Å². The molecule has 1 aromatic carbocycles. The third-order valence-corrected chi connectivity index (χ3v) is 4.35. The van der Waals surface area contributed by atoms with Crippen molar-refractivity contribution in [3.8, 4) is 0 Å². The van der Waals surface area contributed by atoms with Crippen LogP contribution in [-0.4, -0.2) is 46.6 Å². The van der Waals surface area contributed by atoms with E-state index in [4.69, 9.17) is 4.74 Å². The Morgan fingerprint density at radius 1 is 1.39 bits per heavy atom. The van der Waals surface area contributed by atoms with Crippen molar-refractivity contribution in [1.29, 1.82) is 0 Å². The van der Waals surface area contributed by atoms with Crippen molar-refractivity contribution in [3.63, 3.8) is 0 Å². The van der Waals surface area contributed by atoms with Crippen molar-refractivity contribution < 1.29 is 18.7 Å². The number of carbonyl (C=O) groups is 2. The summed E-state index contributed by atoms with van der Waals surface area (Å²) >= 11 is 0. The molecule has 0 aliphatic carbocycles. The molecule has 0 unspecified atom stereocenters. The van der Waals surface area contributed by atoms with Gasteiger partial charge in [-0.15, -0.1) is 0 Å². The molecule has 2 N–H and O–H groups in total. The molecule has 0 spiro atoms. The number of fused-ring (bicyclic) bond motifs is 1. The smallest absolute Gasteiger partial charge is 0.325 e. The van der Waals surface area contributed by atoms with Gasteiger partial charge in [0.15, 0.2) is 0 Å². The molecule has 1 aliphatic heterocycles. The average molecular weight is 388 g/mol. The van der Waals surface area contributed by atoms with Gasteiger partial charge in [0.25, 0.3) is 5.56 Å². The number of H-pyrrole nitrogens is 1. The summed E-state index contributed by atoms with van der Waals surface area (Å²) in [4.78, 5) is 44.7. The molecule has 0 saturated heterocycles. The summed E-state index contributed by atoms with van der Waals surface area (Å²) in [6, 6.07) is 5.68. The third-order valence-electron chi connectivity index (χ3n) is 4.35. The second kappa shape index (κ2) is 8.64. The quantitative estimate of drug-likeness (QED) is 0.748. The molecule has 148 valence electrons. The number of ether oxygens (including phenoxy) is 1. The lowest BCUT2D eigenvalue weighted by molar-refractivity contribution is -0.141. The predicted molar refractivity (Wildman–Crippen MR) is 98.2 cm³/mol. The van der Waals surface area contributed by atoms with Gasteiger partial charge in [-0.2, -0.15) is 0 Å². The number of benzene rings is 1. The highest BCUT2D eigenvalue weighted by molar-refractivity contribution is 5.81. The Hall–Kier alpha value is -3.23. The average Bonchev–Trinajstić information content (AvgIpc) is 2.66. The molecule has 3 rings (SSSR count). The van der Waals surface area contributed by atoms with Gasteiger partial charge in [0.05, 0.1) is 24.4 Å². The Morgan fingerprint density at radius 2 is 2.21 bits per heavy atom. The van der Waals surface area contributed by atoms with Gasteiger partial charge in [0.1, 0.15) is 18.2 Å². The number of carbonyl (C=O) groups excluding carboxylic acids is 2. The van der Waals surface area contributed by atoms with Crippen LogP contribution < -0.4 is 10.9 Å². The molecule has 0 radical (unpaired) electrons. The standard InChI is InChI=1S/C19H21FN4O4/c1-2-28-17(25)10-21-19(27)24-7-6-15-14(11-24)18(26)23-16(22-15)9-12-4-3-5-13(20)8-12/h3-5,8H,2,6-7,9-11H2,1H3,(H,21,27)(H,22,23,26). The minimum atomic E-state index is -0.519. The Morgan fingerprint density at radius 3 is 2.96 bits per heavy atom. The van der Waals surface area contributed by atoms with E-state index in [1.165, 1.54) is 17.0 Å². The minimum absolute atomic E-state index is 0.104. The first-order chi connectivity index (χ1) is 13.5. The van der Waals surface area contributed by atoms with E-state index < -0.39 is 12.0 Å². The van der Waals surface area contributed by atoms with Crippen LogP contribution in [0.25, 0.3) is 0 Å². The van der Waals surface area contributed by atoms with Crippen molar-refractivity contribution >= 4 is 12.0 Å². The van der Waals surface area contributed by atoms with Crippen LogP contribution in [0.5, 0.6) is 0 Å². The van der Waals surface area contributed by atoms with Crippen LogP contribution in [0.1, 0.15) is 29.6 Å². The van der Waals surface area contributed by atoms with Crippen molar-refractivity contribution in [2.24, 2.45) is 0 Å². The predicted octanol–water partition coefficient (Wildman–Crippen LogP) is 1.13. The summed E-state index contributed by atoms with van der Waals surface area (Å²) in [7, 11) is 0. The lowest BCUT2D eigenvalue weighted by Gasteiger charge is -2.27. The molecule has 0 bridgehead atoms. The van der Waals surface area contributed by atoms with Crippen LogP contribution in [0.3, 0.4) is 0 Å². The molecule has 2 amide bonds. The number of nitrogens with zero attached hydrogens (tertiary/aromatic N) is 2. The SMILES string of the molecule is CCOC(=O)CNC(=O)N1CCc2nc(Cc3cccc(F)c3)[nH]c(=O)c2C1. The Labute approximate surface area is 160 Å². The maximum atomic E-state index is 13.3. The largest absolute Gasteiger partial charge is 0.465 e. The summed E-state index contributed by atoms with van der Waals surface area (Å²) in [5.74, 6) is -0.411. The Balaban J connectivity index is 1.68. The van der Waals surface area contributed by atoms with Gasteiger partial charge in [0.2, 0.25) is 0 Å². The van der Waals surface area contributed by atoms with Gasteiger partial charge in [-0.3, -0.25) is 9.59 Å². The van der Waals surface area contributed by atoms with E-state index in [1.54, 1.807) is 19.1 Å². The summed E-state index contributed by atoms with van der Waals surface area (Å²) < 4.78 is 18.1. The first-order valence-electron chi connectivity index (χ1n) is 9.00. The number of nitrogens with one attached hydrogen (secondary N) is 2. The summed E-state index contributed by atoms with van der Waals surface area (Å²) in [6.07, 6.45) is 0.728. The van der Waals surface area contributed by atoms with Crippen molar-refractivity contribution in [2.45, 2.75) is 26.3 Å². The highest BCUT2D eigenvalue weighted by Crippen LogP contribution is 2.15. The number of aromatic amines is 1. The topological polar surface area (TPSA) is 104 Å². The molecule has 1 aliphatic rings. The van der Waals surface area contributed by atoms with E-state index in [9.17, 15) is 18.8 Å². The van der Waals surface area contributed by atoms with Crippen molar-refractivity contribution in [2.75, 3.05) is 19.7 Å². The van der Waals surface area contributed by atoms with Gasteiger partial charge in [-0.25, -0.2) is 14.2 Å². The number of aromatic nitrogens is 2. The van der Waals surface area contributed by atoms with Gasteiger partial charge < -0.3 is 19.9 Å². The minimum Gasteiger partial charge on any atom is -0.465 e. The Bertz CT molecular complexity index is 944. The van der Waals surface area contributed by atoms with Crippen molar-refractivity contribution in [3.05, 3.63) is 63.1 Å². The van der Waals surface area contributed by atoms with Gasteiger partial charge in [0, 0.05) is 19.4 Å². The van der Waals surface area contributed by atoms with E-state index in [0.29, 0.717) is 42.0 Å². The number of hydrogen-bond donors (Lipinski definition) is 2. The summed E-state index contributed by atoms with van der Waals surface area (Å²) in [5.41, 5.74) is 1.43. The highest BCUT2D eigenvalue weighted by Gasteiger charge is 2.25. The maximum absolute atomic E-state index is 13.3. The molecule has 2 aromatic rings. The lowest BCUT2D eigenvalue weighted by atomic mass is 10.1. The number of amides is 2. The van der Waals surface area contributed by atoms with E-state index >= 15 is 0 Å².